The van der Waals surface area contributed by atoms with Gasteiger partial charge < -0.3 is 14.5 Å². The lowest BCUT2D eigenvalue weighted by Gasteiger charge is -2.12. The zero-order valence-electron chi connectivity index (χ0n) is 14.6. The molecule has 2 aromatic rings. The molecule has 1 saturated heterocycles. The summed E-state index contributed by atoms with van der Waals surface area (Å²) in [6.07, 6.45) is -2.32. The number of ether oxygens (including phenoxy) is 1. The van der Waals surface area contributed by atoms with Crippen LogP contribution in [0.5, 0.6) is 5.75 Å². The number of benzene rings is 1. The van der Waals surface area contributed by atoms with Crippen LogP contribution < -0.4 is 10.1 Å². The molecule has 2 aliphatic rings. The first-order valence-electron chi connectivity index (χ1n) is 8.78. The molecule has 1 aliphatic heterocycles. The fraction of sp³-hybridized carbons (Fsp3) is 0.471. The summed E-state index contributed by atoms with van der Waals surface area (Å²) >= 11 is 0. The molecule has 2 fully saturated rings. The van der Waals surface area contributed by atoms with E-state index in [1.165, 1.54) is 10.8 Å². The standard InChI is InChI=1S/C17H16F3N5O3/c18-17(19,20)9-1-4-13(27-11-2-3-11)12(7-9)15-23-24-16(28-15)14(26)22-10-5-6-25(21)8-10/h1,4,7,10-11,21H,2-3,5-6,8H2/p+1. The van der Waals surface area contributed by atoms with Crippen LogP contribution in [0, 0.1) is 5.53 Å². The van der Waals surface area contributed by atoms with Crippen LogP contribution in [0.25, 0.3) is 11.5 Å². The number of nitrogens with one attached hydrogen (secondary N) is 2. The van der Waals surface area contributed by atoms with E-state index >= 15 is 0 Å². The first-order valence-corrected chi connectivity index (χ1v) is 8.78. The lowest BCUT2D eigenvalue weighted by atomic mass is 10.1. The molecule has 11 heteroatoms. The number of nitrogens with zero attached hydrogens (tertiary/aromatic N) is 3. The Balaban J connectivity index is 1.59. The summed E-state index contributed by atoms with van der Waals surface area (Å²) in [7, 11) is 0. The Hall–Kier alpha value is -2.98. The van der Waals surface area contributed by atoms with Gasteiger partial charge in [0, 0.05) is 6.42 Å². The van der Waals surface area contributed by atoms with Crippen LogP contribution in [-0.2, 0) is 6.18 Å². The van der Waals surface area contributed by atoms with E-state index in [2.05, 4.69) is 15.5 Å². The molecule has 1 amide bonds. The summed E-state index contributed by atoms with van der Waals surface area (Å²) in [5, 5.41) is 10.1. The fourth-order valence-corrected chi connectivity index (χ4v) is 2.89. The molecule has 148 valence electrons. The summed E-state index contributed by atoms with van der Waals surface area (Å²) in [5.74, 6) is -1.00. The van der Waals surface area contributed by atoms with E-state index in [0.29, 0.717) is 19.5 Å². The van der Waals surface area contributed by atoms with Gasteiger partial charge in [0.15, 0.2) is 13.1 Å². The van der Waals surface area contributed by atoms with Crippen molar-refractivity contribution in [3.63, 3.8) is 0 Å². The van der Waals surface area contributed by atoms with Gasteiger partial charge in [0.2, 0.25) is 0 Å². The molecule has 1 saturated carbocycles. The molecule has 1 atom stereocenters. The van der Waals surface area contributed by atoms with Crippen LogP contribution in [0.2, 0.25) is 0 Å². The number of aromatic nitrogens is 2. The maximum absolute atomic E-state index is 13.1. The maximum Gasteiger partial charge on any atom is 0.416 e. The highest BCUT2D eigenvalue weighted by Gasteiger charge is 2.34. The van der Waals surface area contributed by atoms with Crippen LogP contribution in [0.1, 0.15) is 35.5 Å². The van der Waals surface area contributed by atoms with Gasteiger partial charge in [0.05, 0.1) is 23.3 Å². The quantitative estimate of drug-likeness (QED) is 0.757. The molecule has 1 unspecified atom stereocenters. The number of hydrogen-bond donors (Lipinski definition) is 2. The molecule has 8 nitrogen and oxygen atoms in total. The second-order valence-electron chi connectivity index (χ2n) is 6.84. The largest absolute Gasteiger partial charge is 0.490 e. The third-order valence-electron chi connectivity index (χ3n) is 4.50. The number of carbonyl (C=O) groups is 1. The molecular weight excluding hydrogens is 379 g/mol. The first-order chi connectivity index (χ1) is 13.3. The number of rotatable bonds is 5. The highest BCUT2D eigenvalue weighted by atomic mass is 19.4. The van der Waals surface area contributed by atoms with Crippen molar-refractivity contribution in [3.05, 3.63) is 29.7 Å². The molecule has 28 heavy (non-hydrogen) atoms. The number of carbonyl (C=O) groups excluding carboxylic acids is 1. The van der Waals surface area contributed by atoms with Gasteiger partial charge in [-0.15, -0.1) is 14.9 Å². The fourth-order valence-electron chi connectivity index (χ4n) is 2.89. The topological polar surface area (TPSA) is 104 Å². The van der Waals surface area contributed by atoms with Gasteiger partial charge in [-0.1, -0.05) is 5.53 Å². The minimum absolute atomic E-state index is 0.00789. The lowest BCUT2D eigenvalue weighted by molar-refractivity contribution is -0.596. The van der Waals surface area contributed by atoms with Crippen molar-refractivity contribution in [2.24, 2.45) is 0 Å². The van der Waals surface area contributed by atoms with Crippen LogP contribution in [0.4, 0.5) is 13.2 Å². The third kappa shape index (κ3) is 3.97. The van der Waals surface area contributed by atoms with E-state index in [0.717, 1.165) is 25.0 Å². The van der Waals surface area contributed by atoms with Crippen molar-refractivity contribution < 1.29 is 31.8 Å². The van der Waals surface area contributed by atoms with Gasteiger partial charge in [-0.3, -0.25) is 4.79 Å². The highest BCUT2D eigenvalue weighted by molar-refractivity contribution is 5.90. The normalized spacial score (nSPS) is 19.7. The Kier molecular flexibility index (Phi) is 4.52. The first kappa shape index (κ1) is 18.4. The maximum atomic E-state index is 13.1. The minimum atomic E-state index is -4.54. The van der Waals surface area contributed by atoms with Crippen molar-refractivity contribution in [3.8, 4) is 17.2 Å². The van der Waals surface area contributed by atoms with E-state index in [1.807, 2.05) is 0 Å². The third-order valence-corrected chi connectivity index (χ3v) is 4.50. The van der Waals surface area contributed by atoms with E-state index in [1.54, 1.807) is 0 Å². The Bertz CT molecular complexity index is 923. The molecule has 2 heterocycles. The molecule has 2 N–H and O–H groups in total. The number of alkyl halides is 3. The van der Waals surface area contributed by atoms with Crippen LogP contribution in [-0.4, -0.2) is 46.0 Å². The Labute approximate surface area is 157 Å². The van der Waals surface area contributed by atoms with Crippen molar-refractivity contribution in [2.75, 3.05) is 13.1 Å². The molecule has 0 bridgehead atoms. The van der Waals surface area contributed by atoms with Crippen LogP contribution in [0.15, 0.2) is 22.6 Å². The van der Waals surface area contributed by atoms with Crippen molar-refractivity contribution in [1.29, 1.82) is 5.53 Å². The Morgan fingerprint density at radius 2 is 2.07 bits per heavy atom. The molecule has 0 radical (unpaired) electrons. The average Bonchev–Trinajstić information content (AvgIpc) is 3.14. The zero-order chi connectivity index (χ0) is 19.9. The van der Waals surface area contributed by atoms with E-state index in [9.17, 15) is 18.0 Å². The van der Waals surface area contributed by atoms with E-state index in [4.69, 9.17) is 14.7 Å². The Morgan fingerprint density at radius 1 is 1.29 bits per heavy atom. The van der Waals surface area contributed by atoms with Crippen molar-refractivity contribution >= 4 is 5.91 Å². The average molecular weight is 396 g/mol. The number of halogens is 3. The summed E-state index contributed by atoms with van der Waals surface area (Å²) in [5.41, 5.74) is 6.62. The molecule has 1 aromatic carbocycles. The van der Waals surface area contributed by atoms with E-state index in [-0.39, 0.29) is 35.2 Å². The van der Waals surface area contributed by atoms with Crippen molar-refractivity contribution in [1.82, 2.24) is 15.5 Å². The molecule has 1 aromatic heterocycles. The van der Waals surface area contributed by atoms with Crippen LogP contribution in [0.3, 0.4) is 0 Å². The smallest absolute Gasteiger partial charge is 0.416 e. The van der Waals surface area contributed by atoms with Gasteiger partial charge in [-0.05, 0) is 31.0 Å². The predicted octanol–water partition coefficient (Wildman–Crippen LogP) is 2.84. The molecule has 0 spiro atoms. The van der Waals surface area contributed by atoms with Gasteiger partial charge in [0.1, 0.15) is 5.75 Å². The van der Waals surface area contributed by atoms with Crippen molar-refractivity contribution in [2.45, 2.75) is 37.6 Å². The summed E-state index contributed by atoms with van der Waals surface area (Å²) in [6.45, 7) is 0.909. The SMILES string of the molecule is N=[N+]1CCC(NC(=O)c2nnc(-c3cc(C(F)(F)F)ccc3OC3CC3)o2)C1. The predicted molar refractivity (Wildman–Crippen MR) is 87.0 cm³/mol. The highest BCUT2D eigenvalue weighted by Crippen LogP contribution is 2.39. The summed E-state index contributed by atoms with van der Waals surface area (Å²) in [4.78, 5) is 12.3. The number of amides is 1. The lowest BCUT2D eigenvalue weighted by Crippen LogP contribution is -2.35. The van der Waals surface area contributed by atoms with Gasteiger partial charge in [-0.2, -0.15) is 13.2 Å². The number of hydrogen-bond acceptors (Lipinski definition) is 6. The summed E-state index contributed by atoms with van der Waals surface area (Å²) in [6, 6.07) is 2.81. The van der Waals surface area contributed by atoms with Crippen LogP contribution >= 0.6 is 0 Å². The second kappa shape index (κ2) is 6.88. The second-order valence-corrected chi connectivity index (χ2v) is 6.84. The van der Waals surface area contributed by atoms with Gasteiger partial charge in [0.25, 0.3) is 5.89 Å². The van der Waals surface area contributed by atoms with Gasteiger partial charge >= 0.3 is 18.0 Å². The summed E-state index contributed by atoms with van der Waals surface area (Å²) < 4.78 is 51.6. The molecule has 4 rings (SSSR count). The Morgan fingerprint density at radius 3 is 2.71 bits per heavy atom. The van der Waals surface area contributed by atoms with Gasteiger partial charge in [-0.25, -0.2) is 0 Å². The molecular formula is C17H17F3N5O3+. The van der Waals surface area contributed by atoms with E-state index < -0.39 is 17.6 Å². The molecule has 1 aliphatic carbocycles. The monoisotopic (exact) mass is 396 g/mol. The zero-order valence-corrected chi connectivity index (χ0v) is 14.6. The minimum Gasteiger partial charge on any atom is -0.490 e.